The van der Waals surface area contributed by atoms with Crippen LogP contribution in [0.15, 0.2) is 59.5 Å². The number of aromatic nitrogens is 1. The maximum absolute atomic E-state index is 6.11. The van der Waals surface area contributed by atoms with E-state index in [2.05, 4.69) is 58.7 Å². The van der Waals surface area contributed by atoms with Crippen molar-refractivity contribution < 1.29 is 4.74 Å². The van der Waals surface area contributed by atoms with Gasteiger partial charge in [-0.3, -0.25) is 0 Å². The summed E-state index contributed by atoms with van der Waals surface area (Å²) >= 11 is 0. The van der Waals surface area contributed by atoms with Crippen molar-refractivity contribution in [3.63, 3.8) is 0 Å². The minimum absolute atomic E-state index is 0.287. The van der Waals surface area contributed by atoms with E-state index in [0.717, 1.165) is 50.6 Å². The van der Waals surface area contributed by atoms with Gasteiger partial charge in [-0.05, 0) is 56.1 Å². The monoisotopic (exact) mass is 349 g/mol. The van der Waals surface area contributed by atoms with Crippen molar-refractivity contribution in [3.05, 3.63) is 59.5 Å². The molecular formula is C22H27N3O. The van der Waals surface area contributed by atoms with Crippen LogP contribution in [0.4, 0.5) is 5.69 Å². The number of hydrogen-bond donors (Lipinski definition) is 0. The fourth-order valence-electron chi connectivity index (χ4n) is 3.83. The minimum atomic E-state index is 0.287. The third kappa shape index (κ3) is 3.77. The van der Waals surface area contributed by atoms with Gasteiger partial charge in [-0.1, -0.05) is 12.2 Å². The Morgan fingerprint density at radius 3 is 2.69 bits per heavy atom. The van der Waals surface area contributed by atoms with Gasteiger partial charge in [-0.25, -0.2) is 4.98 Å². The second kappa shape index (κ2) is 7.53. The molecule has 1 fully saturated rings. The van der Waals surface area contributed by atoms with Crippen molar-refractivity contribution in [1.82, 2.24) is 9.88 Å². The summed E-state index contributed by atoms with van der Waals surface area (Å²) in [6.45, 7) is 8.58. The smallest absolute Gasteiger partial charge is 0.213 e. The van der Waals surface area contributed by atoms with Crippen LogP contribution in [0.5, 0.6) is 5.88 Å². The number of rotatable bonds is 4. The summed E-state index contributed by atoms with van der Waals surface area (Å²) in [5.41, 5.74) is 7.04. The third-order valence-corrected chi connectivity index (χ3v) is 5.46. The first-order valence-electron chi connectivity index (χ1n) is 9.62. The molecule has 0 saturated carbocycles. The zero-order chi connectivity index (χ0) is 17.9. The summed E-state index contributed by atoms with van der Waals surface area (Å²) in [5.74, 6) is 0.744. The Labute approximate surface area is 156 Å². The molecule has 0 bridgehead atoms. The van der Waals surface area contributed by atoms with Crippen molar-refractivity contribution in [2.24, 2.45) is 0 Å². The summed E-state index contributed by atoms with van der Waals surface area (Å²) in [5, 5.41) is 0. The first-order valence-corrected chi connectivity index (χ1v) is 9.62. The molecule has 2 aliphatic heterocycles. The quantitative estimate of drug-likeness (QED) is 0.775. The van der Waals surface area contributed by atoms with Gasteiger partial charge < -0.3 is 14.5 Å². The van der Waals surface area contributed by atoms with Crippen molar-refractivity contribution in [2.75, 3.05) is 31.1 Å². The lowest BCUT2D eigenvalue weighted by atomic mass is 10.1. The Kier molecular flexibility index (Phi) is 4.96. The van der Waals surface area contributed by atoms with Gasteiger partial charge in [0.2, 0.25) is 5.88 Å². The molecule has 0 unspecified atom stereocenters. The average Bonchev–Trinajstić information content (AvgIpc) is 2.93. The predicted octanol–water partition coefficient (Wildman–Crippen LogP) is 3.73. The molecule has 0 atom stereocenters. The van der Waals surface area contributed by atoms with Gasteiger partial charge in [-0.15, -0.1) is 5.73 Å². The molecule has 0 aromatic carbocycles. The van der Waals surface area contributed by atoms with Gasteiger partial charge in [0.25, 0.3) is 0 Å². The Morgan fingerprint density at radius 2 is 1.96 bits per heavy atom. The normalized spacial score (nSPS) is 20.8. The van der Waals surface area contributed by atoms with Crippen LogP contribution in [0.25, 0.3) is 0 Å². The second-order valence-corrected chi connectivity index (χ2v) is 7.54. The molecule has 1 aliphatic carbocycles. The summed E-state index contributed by atoms with van der Waals surface area (Å²) in [7, 11) is 0. The van der Waals surface area contributed by atoms with Crippen LogP contribution in [0.1, 0.15) is 26.7 Å². The number of pyridine rings is 1. The highest BCUT2D eigenvalue weighted by atomic mass is 16.5. The van der Waals surface area contributed by atoms with Crippen molar-refractivity contribution >= 4 is 5.69 Å². The fraction of sp³-hybridized carbons (Fsp3) is 0.455. The van der Waals surface area contributed by atoms with Gasteiger partial charge in [0.1, 0.15) is 6.10 Å². The summed E-state index contributed by atoms with van der Waals surface area (Å²) in [4.78, 5) is 9.42. The van der Waals surface area contributed by atoms with E-state index in [4.69, 9.17) is 4.74 Å². The van der Waals surface area contributed by atoms with Gasteiger partial charge in [-0.2, -0.15) is 0 Å². The summed E-state index contributed by atoms with van der Waals surface area (Å²) < 4.78 is 6.11. The van der Waals surface area contributed by atoms with E-state index in [0.29, 0.717) is 6.04 Å². The number of ether oxygens (including phenoxy) is 1. The Morgan fingerprint density at radius 1 is 1.15 bits per heavy atom. The van der Waals surface area contributed by atoms with Gasteiger partial charge in [0.15, 0.2) is 0 Å². The first-order chi connectivity index (χ1) is 12.7. The van der Waals surface area contributed by atoms with E-state index >= 15 is 0 Å². The Bertz CT molecular complexity index is 761. The molecular weight excluding hydrogens is 322 g/mol. The van der Waals surface area contributed by atoms with Crippen molar-refractivity contribution in [2.45, 2.75) is 38.8 Å². The van der Waals surface area contributed by atoms with E-state index in [1.165, 1.54) is 11.1 Å². The molecule has 0 radical (unpaired) electrons. The molecule has 26 heavy (non-hydrogen) atoms. The molecule has 3 aliphatic rings. The van der Waals surface area contributed by atoms with Crippen LogP contribution in [-0.4, -0.2) is 48.2 Å². The lowest BCUT2D eigenvalue weighted by molar-refractivity contribution is 0.0813. The number of anilines is 1. The van der Waals surface area contributed by atoms with E-state index in [9.17, 15) is 0 Å². The number of nitrogens with zero attached hydrogens (tertiary/aromatic N) is 3. The van der Waals surface area contributed by atoms with Gasteiger partial charge >= 0.3 is 0 Å². The van der Waals surface area contributed by atoms with Gasteiger partial charge in [0, 0.05) is 38.3 Å². The molecule has 4 rings (SSSR count). The molecule has 4 nitrogen and oxygen atoms in total. The molecule has 1 aromatic rings. The second-order valence-electron chi connectivity index (χ2n) is 7.54. The lowest BCUT2D eigenvalue weighted by Gasteiger charge is -2.34. The highest BCUT2D eigenvalue weighted by molar-refractivity contribution is 5.56. The van der Waals surface area contributed by atoms with Gasteiger partial charge in [0.05, 0.1) is 11.9 Å². The number of hydrogen-bond acceptors (Lipinski definition) is 4. The highest BCUT2D eigenvalue weighted by Crippen LogP contribution is 2.27. The van der Waals surface area contributed by atoms with Crippen LogP contribution in [0.3, 0.4) is 0 Å². The third-order valence-electron chi connectivity index (χ3n) is 5.46. The first kappa shape index (κ1) is 17.1. The SMILES string of the molecule is CC(C)N1CCC(Oc2ccc(N3CC4=C(C=CC=C=C4)C3)cn2)CC1. The van der Waals surface area contributed by atoms with E-state index < -0.39 is 0 Å². The van der Waals surface area contributed by atoms with Crippen molar-refractivity contribution in [3.8, 4) is 5.88 Å². The Hall–Kier alpha value is -2.29. The van der Waals surface area contributed by atoms with Crippen LogP contribution >= 0.6 is 0 Å². The molecule has 0 N–H and O–H groups in total. The topological polar surface area (TPSA) is 28.6 Å². The van der Waals surface area contributed by atoms with Crippen LogP contribution in [0, 0.1) is 0 Å². The van der Waals surface area contributed by atoms with Crippen LogP contribution < -0.4 is 9.64 Å². The molecule has 136 valence electrons. The predicted molar refractivity (Wildman–Crippen MR) is 106 cm³/mol. The molecule has 3 heterocycles. The molecule has 0 amide bonds. The standard InChI is InChI=1S/C22H27N3O/c1-17(2)24-12-10-21(11-13-24)26-22-9-8-20(14-23-22)25-15-18-6-4-3-5-7-19(18)16-25/h3-4,6-9,14,17,21H,10-13,15-16H2,1-2H3. The largest absolute Gasteiger partial charge is 0.474 e. The van der Waals surface area contributed by atoms with E-state index in [1.807, 2.05) is 18.3 Å². The zero-order valence-electron chi connectivity index (χ0n) is 15.7. The maximum atomic E-state index is 6.11. The number of allylic oxidation sites excluding steroid dienone is 1. The average molecular weight is 349 g/mol. The zero-order valence-corrected chi connectivity index (χ0v) is 15.7. The summed E-state index contributed by atoms with van der Waals surface area (Å²) in [6.07, 6.45) is 12.7. The number of piperidine rings is 1. The fourth-order valence-corrected chi connectivity index (χ4v) is 3.83. The summed E-state index contributed by atoms with van der Waals surface area (Å²) in [6, 6.07) is 4.76. The molecule has 4 heteroatoms. The van der Waals surface area contributed by atoms with Crippen molar-refractivity contribution in [1.29, 1.82) is 0 Å². The maximum Gasteiger partial charge on any atom is 0.213 e. The van der Waals surface area contributed by atoms with E-state index in [-0.39, 0.29) is 6.10 Å². The number of likely N-dealkylation sites (tertiary alicyclic amines) is 1. The van der Waals surface area contributed by atoms with Crippen LogP contribution in [-0.2, 0) is 0 Å². The molecule has 1 aromatic heterocycles. The minimum Gasteiger partial charge on any atom is -0.474 e. The van der Waals surface area contributed by atoms with Crippen LogP contribution in [0.2, 0.25) is 0 Å². The highest BCUT2D eigenvalue weighted by Gasteiger charge is 2.23. The molecule has 0 spiro atoms. The Balaban J connectivity index is 1.34. The lowest BCUT2D eigenvalue weighted by Crippen LogP contribution is -2.41. The molecule has 1 saturated heterocycles. The van der Waals surface area contributed by atoms with E-state index in [1.54, 1.807) is 0 Å².